The van der Waals surface area contributed by atoms with Crippen molar-refractivity contribution >= 4 is 44.6 Å². The van der Waals surface area contributed by atoms with Crippen LogP contribution in [0.1, 0.15) is 64.0 Å². The van der Waals surface area contributed by atoms with Crippen LogP contribution in [0.2, 0.25) is 5.02 Å². The number of aryl methyl sites for hydroxylation is 1. The van der Waals surface area contributed by atoms with E-state index in [0.29, 0.717) is 5.92 Å². The van der Waals surface area contributed by atoms with E-state index in [9.17, 15) is 0 Å². The topological polar surface area (TPSA) is 25.4 Å². The maximum absolute atomic E-state index is 6.66. The van der Waals surface area contributed by atoms with Crippen molar-refractivity contribution in [3.63, 3.8) is 0 Å². The molecule has 1 aliphatic carbocycles. The fourth-order valence-corrected chi connectivity index (χ4v) is 6.72. The van der Waals surface area contributed by atoms with Crippen LogP contribution in [0.3, 0.4) is 0 Å². The number of thiazole rings is 1. The van der Waals surface area contributed by atoms with Crippen LogP contribution in [-0.2, 0) is 6.42 Å². The molecule has 6 rings (SSSR count). The molecule has 29 heavy (non-hydrogen) atoms. The summed E-state index contributed by atoms with van der Waals surface area (Å²) in [6.07, 6.45) is 6.67. The van der Waals surface area contributed by atoms with Crippen LogP contribution < -0.4 is 9.64 Å². The van der Waals surface area contributed by atoms with E-state index in [2.05, 4.69) is 52.0 Å². The summed E-state index contributed by atoms with van der Waals surface area (Å²) < 4.78 is 7.71. The van der Waals surface area contributed by atoms with Gasteiger partial charge in [0.25, 0.3) is 0 Å². The Morgan fingerprint density at radius 2 is 2.10 bits per heavy atom. The second-order valence-electron chi connectivity index (χ2n) is 8.23. The van der Waals surface area contributed by atoms with Crippen LogP contribution in [0, 0.1) is 6.92 Å². The average molecular weight is 488 g/mol. The molecular formula is C23H20BrClN2OS. The van der Waals surface area contributed by atoms with Gasteiger partial charge in [0.1, 0.15) is 5.75 Å². The average Bonchev–Trinajstić information content (AvgIpc) is 3.23. The minimum atomic E-state index is -0.157. The second kappa shape index (κ2) is 6.73. The molecule has 0 N–H and O–H groups in total. The van der Waals surface area contributed by atoms with Crippen molar-refractivity contribution in [3.8, 4) is 5.75 Å². The predicted octanol–water partition coefficient (Wildman–Crippen LogP) is 7.33. The summed E-state index contributed by atoms with van der Waals surface area (Å²) >= 11 is 11.8. The van der Waals surface area contributed by atoms with Crippen molar-refractivity contribution in [2.75, 3.05) is 4.90 Å². The second-order valence-corrected chi connectivity index (χ2v) is 10.7. The van der Waals surface area contributed by atoms with Gasteiger partial charge in [0.2, 0.25) is 6.23 Å². The Hall–Kier alpha value is -1.56. The van der Waals surface area contributed by atoms with Crippen molar-refractivity contribution in [3.05, 3.63) is 72.6 Å². The zero-order valence-electron chi connectivity index (χ0n) is 16.0. The first-order valence-corrected chi connectivity index (χ1v) is 12.1. The van der Waals surface area contributed by atoms with E-state index >= 15 is 0 Å². The molecule has 2 atom stereocenters. The molecule has 3 aliphatic rings. The minimum absolute atomic E-state index is 0.157. The lowest BCUT2D eigenvalue weighted by Gasteiger charge is -2.41. The van der Waals surface area contributed by atoms with Crippen LogP contribution in [0.5, 0.6) is 5.75 Å². The van der Waals surface area contributed by atoms with Gasteiger partial charge in [0, 0.05) is 32.9 Å². The molecule has 1 fully saturated rings. The quantitative estimate of drug-likeness (QED) is 0.378. The summed E-state index contributed by atoms with van der Waals surface area (Å²) in [5, 5.41) is 2.05. The molecule has 2 aromatic carbocycles. The van der Waals surface area contributed by atoms with Gasteiger partial charge in [-0.25, -0.2) is 4.98 Å². The van der Waals surface area contributed by atoms with Crippen LogP contribution >= 0.6 is 38.9 Å². The van der Waals surface area contributed by atoms with Gasteiger partial charge in [0.05, 0.1) is 15.9 Å². The number of anilines is 1. The zero-order valence-corrected chi connectivity index (χ0v) is 19.1. The predicted molar refractivity (Wildman–Crippen MR) is 121 cm³/mol. The Labute approximate surface area is 187 Å². The van der Waals surface area contributed by atoms with Gasteiger partial charge >= 0.3 is 0 Å². The van der Waals surface area contributed by atoms with Crippen molar-refractivity contribution in [2.45, 2.75) is 50.8 Å². The molecule has 6 heteroatoms. The Balaban J connectivity index is 1.49. The number of rotatable bonds is 2. The fraction of sp³-hybridized carbons (Fsp3) is 0.348. The van der Waals surface area contributed by atoms with E-state index in [-0.39, 0.29) is 12.3 Å². The number of aromatic nitrogens is 1. The molecule has 3 heterocycles. The van der Waals surface area contributed by atoms with E-state index in [4.69, 9.17) is 21.3 Å². The number of hydrogen-bond donors (Lipinski definition) is 0. The van der Waals surface area contributed by atoms with Gasteiger partial charge in [-0.3, -0.25) is 0 Å². The lowest BCUT2D eigenvalue weighted by Crippen LogP contribution is -2.37. The van der Waals surface area contributed by atoms with E-state index in [1.54, 1.807) is 0 Å². The molecule has 1 aromatic heterocycles. The Kier molecular flexibility index (Phi) is 4.23. The highest BCUT2D eigenvalue weighted by Crippen LogP contribution is 2.54. The monoisotopic (exact) mass is 486 g/mol. The van der Waals surface area contributed by atoms with Gasteiger partial charge in [-0.2, -0.15) is 0 Å². The van der Waals surface area contributed by atoms with Crippen molar-refractivity contribution in [2.24, 2.45) is 0 Å². The molecule has 0 spiro atoms. The molecular weight excluding hydrogens is 468 g/mol. The molecule has 1 saturated carbocycles. The largest absolute Gasteiger partial charge is 0.465 e. The van der Waals surface area contributed by atoms with Gasteiger partial charge in [0.15, 0.2) is 0 Å². The molecule has 2 unspecified atom stereocenters. The number of halogens is 2. The van der Waals surface area contributed by atoms with Crippen molar-refractivity contribution in [1.82, 2.24) is 4.98 Å². The third-order valence-electron chi connectivity index (χ3n) is 6.45. The number of fused-ring (bicyclic) bond motifs is 5. The first kappa shape index (κ1) is 18.2. The molecule has 2 aliphatic heterocycles. The third-order valence-corrected chi connectivity index (χ3v) is 8.33. The normalized spacial score (nSPS) is 22.5. The highest BCUT2D eigenvalue weighted by Gasteiger charge is 2.44. The maximum Gasteiger partial charge on any atom is 0.210 e. The summed E-state index contributed by atoms with van der Waals surface area (Å²) in [6.45, 7) is 2.17. The first-order chi connectivity index (χ1) is 14.1. The number of hydrogen-bond acceptors (Lipinski definition) is 4. The molecule has 0 radical (unpaired) electrons. The van der Waals surface area contributed by atoms with Crippen molar-refractivity contribution < 1.29 is 4.74 Å². The molecule has 3 aromatic rings. The minimum Gasteiger partial charge on any atom is -0.465 e. The molecule has 148 valence electrons. The van der Waals surface area contributed by atoms with Crippen LogP contribution in [-0.4, -0.2) is 4.98 Å². The van der Waals surface area contributed by atoms with Crippen LogP contribution in [0.15, 0.2) is 41.0 Å². The Morgan fingerprint density at radius 3 is 2.90 bits per heavy atom. The lowest BCUT2D eigenvalue weighted by molar-refractivity contribution is 0.170. The Bertz CT molecular complexity index is 1130. The fourth-order valence-electron chi connectivity index (χ4n) is 4.85. The van der Waals surface area contributed by atoms with Crippen LogP contribution in [0.25, 0.3) is 0 Å². The van der Waals surface area contributed by atoms with E-state index in [1.165, 1.54) is 51.5 Å². The molecule has 0 saturated heterocycles. The number of ether oxygens (including phenoxy) is 1. The first-order valence-electron chi connectivity index (χ1n) is 10.1. The summed E-state index contributed by atoms with van der Waals surface area (Å²) in [7, 11) is 0. The third kappa shape index (κ3) is 2.85. The highest BCUT2D eigenvalue weighted by atomic mass is 79.9. The van der Waals surface area contributed by atoms with Gasteiger partial charge < -0.3 is 9.64 Å². The molecule has 3 nitrogen and oxygen atoms in total. The van der Waals surface area contributed by atoms with Gasteiger partial charge in [-0.05, 0) is 67.6 Å². The standard InChI is InChI=1S/C23H20BrClN2OS/c1-12-7-15(24)10-19-21(12)18-9-14-8-16(25)5-6-17(14)27(18)23(28-19)20-11-26-22(29-20)13-3-2-4-13/h5-8,10-11,13,18,23H,2-4,9H2,1H3. The summed E-state index contributed by atoms with van der Waals surface area (Å²) in [6, 6.07) is 10.8. The van der Waals surface area contributed by atoms with Crippen molar-refractivity contribution in [1.29, 1.82) is 0 Å². The lowest BCUT2D eigenvalue weighted by atomic mass is 9.86. The smallest absolute Gasteiger partial charge is 0.210 e. The summed E-state index contributed by atoms with van der Waals surface area (Å²) in [4.78, 5) is 8.39. The highest BCUT2D eigenvalue weighted by molar-refractivity contribution is 9.10. The van der Waals surface area contributed by atoms with E-state index in [0.717, 1.165) is 21.7 Å². The van der Waals surface area contributed by atoms with E-state index in [1.807, 2.05) is 23.6 Å². The summed E-state index contributed by atoms with van der Waals surface area (Å²) in [5.74, 6) is 1.61. The molecule has 0 amide bonds. The maximum atomic E-state index is 6.66. The number of nitrogens with zero attached hydrogens (tertiary/aromatic N) is 2. The number of benzene rings is 2. The van der Waals surface area contributed by atoms with Gasteiger partial charge in [-0.15, -0.1) is 11.3 Å². The SMILES string of the molecule is Cc1cc(Br)cc2c1C1Cc3cc(Cl)ccc3N1C(c1cnc(C3CCC3)s1)O2. The van der Waals surface area contributed by atoms with Crippen LogP contribution in [0.4, 0.5) is 5.69 Å². The zero-order chi connectivity index (χ0) is 19.7. The van der Waals surface area contributed by atoms with Gasteiger partial charge in [-0.1, -0.05) is 34.0 Å². The summed E-state index contributed by atoms with van der Waals surface area (Å²) in [5.41, 5.74) is 5.03. The van der Waals surface area contributed by atoms with E-state index < -0.39 is 0 Å². The Morgan fingerprint density at radius 1 is 1.24 bits per heavy atom. The molecule has 0 bridgehead atoms.